The molecule has 1 saturated carbocycles. The molecule has 0 spiro atoms. The minimum atomic E-state index is 0.0165. The van der Waals surface area contributed by atoms with Crippen LogP contribution in [0.5, 0.6) is 0 Å². The minimum Gasteiger partial charge on any atom is -0.355 e. The third-order valence-corrected chi connectivity index (χ3v) is 4.29. The van der Waals surface area contributed by atoms with Crippen LogP contribution in [0.15, 0.2) is 0 Å². The molecule has 4 nitrogen and oxygen atoms in total. The van der Waals surface area contributed by atoms with Crippen LogP contribution in [-0.2, 0) is 4.79 Å². The van der Waals surface area contributed by atoms with Crippen molar-refractivity contribution in [2.24, 2.45) is 0 Å². The number of nitrogens with one attached hydrogen (secondary N) is 2. The van der Waals surface area contributed by atoms with Crippen molar-refractivity contribution in [1.29, 1.82) is 0 Å². The van der Waals surface area contributed by atoms with Crippen molar-refractivity contribution < 1.29 is 4.79 Å². The van der Waals surface area contributed by atoms with Gasteiger partial charge in [0.25, 0.3) is 0 Å². The SMILES string of the molecule is CCCNC(=O)C(C)N(CC1CCCCN1)C1CC1. The van der Waals surface area contributed by atoms with Crippen LogP contribution in [0.4, 0.5) is 0 Å². The predicted octanol–water partition coefficient (Wildman–Crippen LogP) is 1.51. The van der Waals surface area contributed by atoms with Crippen molar-refractivity contribution in [1.82, 2.24) is 15.5 Å². The second-order valence-electron chi connectivity index (χ2n) is 6.04. The number of amides is 1. The van der Waals surface area contributed by atoms with Crippen molar-refractivity contribution in [2.75, 3.05) is 19.6 Å². The molecule has 2 fully saturated rings. The number of carbonyl (C=O) groups excluding carboxylic acids is 1. The smallest absolute Gasteiger partial charge is 0.237 e. The van der Waals surface area contributed by atoms with Crippen LogP contribution >= 0.6 is 0 Å². The molecule has 2 unspecified atom stereocenters. The maximum atomic E-state index is 12.1. The third kappa shape index (κ3) is 4.46. The number of rotatable bonds is 7. The Morgan fingerprint density at radius 2 is 2.16 bits per heavy atom. The lowest BCUT2D eigenvalue weighted by atomic mass is 10.0. The summed E-state index contributed by atoms with van der Waals surface area (Å²) in [4.78, 5) is 14.6. The van der Waals surface area contributed by atoms with Crippen molar-refractivity contribution in [3.8, 4) is 0 Å². The Labute approximate surface area is 117 Å². The molecule has 0 aromatic heterocycles. The van der Waals surface area contributed by atoms with Gasteiger partial charge in [0.2, 0.25) is 5.91 Å². The van der Waals surface area contributed by atoms with Crippen molar-refractivity contribution in [2.45, 2.75) is 70.5 Å². The van der Waals surface area contributed by atoms with E-state index in [0.717, 1.165) is 26.1 Å². The van der Waals surface area contributed by atoms with Crippen molar-refractivity contribution in [3.63, 3.8) is 0 Å². The van der Waals surface area contributed by atoms with Gasteiger partial charge < -0.3 is 10.6 Å². The van der Waals surface area contributed by atoms with Gasteiger partial charge in [0.15, 0.2) is 0 Å². The van der Waals surface area contributed by atoms with Gasteiger partial charge in [0, 0.05) is 25.2 Å². The average Bonchev–Trinajstić information content (AvgIpc) is 3.27. The van der Waals surface area contributed by atoms with Crippen LogP contribution < -0.4 is 10.6 Å². The molecule has 1 saturated heterocycles. The van der Waals surface area contributed by atoms with Gasteiger partial charge in [-0.2, -0.15) is 0 Å². The molecule has 2 rings (SSSR count). The lowest BCUT2D eigenvalue weighted by Crippen LogP contribution is -2.52. The van der Waals surface area contributed by atoms with E-state index in [4.69, 9.17) is 0 Å². The quantitative estimate of drug-likeness (QED) is 0.735. The van der Waals surface area contributed by atoms with Gasteiger partial charge in [-0.15, -0.1) is 0 Å². The Hall–Kier alpha value is -0.610. The summed E-state index contributed by atoms with van der Waals surface area (Å²) >= 11 is 0. The first kappa shape index (κ1) is 14.8. The fraction of sp³-hybridized carbons (Fsp3) is 0.933. The largest absolute Gasteiger partial charge is 0.355 e. The van der Waals surface area contributed by atoms with Gasteiger partial charge >= 0.3 is 0 Å². The Morgan fingerprint density at radius 1 is 1.37 bits per heavy atom. The van der Waals surface area contributed by atoms with Gasteiger partial charge in [0.1, 0.15) is 0 Å². The molecule has 2 atom stereocenters. The fourth-order valence-corrected chi connectivity index (χ4v) is 2.91. The highest BCUT2D eigenvalue weighted by atomic mass is 16.2. The average molecular weight is 267 g/mol. The Bertz CT molecular complexity index is 285. The summed E-state index contributed by atoms with van der Waals surface area (Å²) < 4.78 is 0. The molecule has 19 heavy (non-hydrogen) atoms. The van der Waals surface area contributed by atoms with Crippen LogP contribution in [0.2, 0.25) is 0 Å². The van der Waals surface area contributed by atoms with Crippen LogP contribution in [0.3, 0.4) is 0 Å². The minimum absolute atomic E-state index is 0.0165. The highest BCUT2D eigenvalue weighted by molar-refractivity contribution is 5.81. The number of hydrogen-bond acceptors (Lipinski definition) is 3. The van der Waals surface area contributed by atoms with E-state index >= 15 is 0 Å². The number of nitrogens with zero attached hydrogens (tertiary/aromatic N) is 1. The molecule has 1 amide bonds. The standard InChI is InChI=1S/C15H29N3O/c1-3-9-17-15(19)12(2)18(14-7-8-14)11-13-6-4-5-10-16-13/h12-14,16H,3-11H2,1-2H3,(H,17,19). The Balaban J connectivity index is 1.85. The molecule has 1 aliphatic carbocycles. The van der Waals surface area contributed by atoms with Crippen LogP contribution in [0.1, 0.15) is 52.4 Å². The van der Waals surface area contributed by atoms with Gasteiger partial charge in [-0.3, -0.25) is 9.69 Å². The van der Waals surface area contributed by atoms with Crippen LogP contribution in [-0.4, -0.2) is 48.6 Å². The van der Waals surface area contributed by atoms with Gasteiger partial charge in [-0.1, -0.05) is 13.3 Å². The monoisotopic (exact) mass is 267 g/mol. The maximum Gasteiger partial charge on any atom is 0.237 e. The normalized spacial score (nSPS) is 25.3. The first-order chi connectivity index (χ1) is 9.22. The molecule has 110 valence electrons. The second kappa shape index (κ2) is 7.25. The number of piperidine rings is 1. The molecular formula is C15H29N3O. The molecule has 0 radical (unpaired) electrons. The van der Waals surface area contributed by atoms with E-state index in [-0.39, 0.29) is 11.9 Å². The van der Waals surface area contributed by atoms with Gasteiger partial charge in [-0.25, -0.2) is 0 Å². The maximum absolute atomic E-state index is 12.1. The zero-order valence-corrected chi connectivity index (χ0v) is 12.5. The molecule has 0 aromatic rings. The molecule has 0 bridgehead atoms. The molecule has 2 N–H and O–H groups in total. The lowest BCUT2D eigenvalue weighted by Gasteiger charge is -2.34. The zero-order chi connectivity index (χ0) is 13.7. The Morgan fingerprint density at radius 3 is 2.74 bits per heavy atom. The summed E-state index contributed by atoms with van der Waals surface area (Å²) in [7, 11) is 0. The lowest BCUT2D eigenvalue weighted by molar-refractivity contribution is -0.126. The summed E-state index contributed by atoms with van der Waals surface area (Å²) in [6.07, 6.45) is 7.41. The first-order valence-electron chi connectivity index (χ1n) is 7.99. The summed E-state index contributed by atoms with van der Waals surface area (Å²) in [6.45, 7) is 7.12. The van der Waals surface area contributed by atoms with Gasteiger partial charge in [-0.05, 0) is 45.6 Å². The highest BCUT2D eigenvalue weighted by Gasteiger charge is 2.36. The van der Waals surface area contributed by atoms with Gasteiger partial charge in [0.05, 0.1) is 6.04 Å². The van der Waals surface area contributed by atoms with Crippen molar-refractivity contribution in [3.05, 3.63) is 0 Å². The second-order valence-corrected chi connectivity index (χ2v) is 6.04. The molecule has 1 aliphatic heterocycles. The fourth-order valence-electron chi connectivity index (χ4n) is 2.91. The first-order valence-corrected chi connectivity index (χ1v) is 7.99. The molecule has 4 heteroatoms. The topological polar surface area (TPSA) is 44.4 Å². The molecular weight excluding hydrogens is 238 g/mol. The Kier molecular flexibility index (Phi) is 5.64. The third-order valence-electron chi connectivity index (χ3n) is 4.29. The van der Waals surface area contributed by atoms with E-state index in [1.54, 1.807) is 0 Å². The van der Waals surface area contributed by atoms with Crippen LogP contribution in [0.25, 0.3) is 0 Å². The van der Waals surface area contributed by atoms with Crippen LogP contribution in [0, 0.1) is 0 Å². The number of carbonyl (C=O) groups is 1. The number of hydrogen-bond donors (Lipinski definition) is 2. The highest BCUT2D eigenvalue weighted by Crippen LogP contribution is 2.29. The van der Waals surface area contributed by atoms with E-state index in [0.29, 0.717) is 12.1 Å². The summed E-state index contributed by atoms with van der Waals surface area (Å²) in [5.74, 6) is 0.199. The van der Waals surface area contributed by atoms with Crippen molar-refractivity contribution >= 4 is 5.91 Å². The summed E-state index contributed by atoms with van der Waals surface area (Å²) in [5, 5.41) is 6.63. The van der Waals surface area contributed by atoms with E-state index in [9.17, 15) is 4.79 Å². The van der Waals surface area contributed by atoms with E-state index in [1.165, 1.54) is 32.1 Å². The summed E-state index contributed by atoms with van der Waals surface area (Å²) in [6, 6.07) is 1.24. The van der Waals surface area contributed by atoms with E-state index in [1.807, 2.05) is 0 Å². The molecule has 1 heterocycles. The van der Waals surface area contributed by atoms with E-state index < -0.39 is 0 Å². The molecule has 0 aromatic carbocycles. The summed E-state index contributed by atoms with van der Waals surface area (Å²) in [5.41, 5.74) is 0. The zero-order valence-electron chi connectivity index (χ0n) is 12.5. The van der Waals surface area contributed by atoms with E-state index in [2.05, 4.69) is 29.4 Å². The molecule has 2 aliphatic rings. The predicted molar refractivity (Wildman–Crippen MR) is 78.1 cm³/mol.